The van der Waals surface area contributed by atoms with Crippen molar-refractivity contribution < 1.29 is 42.3 Å². The molecule has 0 spiro atoms. The molecule has 2 heterocycles. The molecule has 0 bridgehead atoms. The van der Waals surface area contributed by atoms with E-state index in [1.165, 1.54) is 0 Å². The van der Waals surface area contributed by atoms with Crippen molar-refractivity contribution in [1.29, 1.82) is 0 Å². The van der Waals surface area contributed by atoms with Gasteiger partial charge in [0.15, 0.2) is 0 Å². The summed E-state index contributed by atoms with van der Waals surface area (Å²) in [7, 11) is 0. The molecule has 0 fully saturated rings. The van der Waals surface area contributed by atoms with E-state index in [0.717, 1.165) is 12.4 Å². The molecule has 0 atom stereocenters. The average molecular weight is 323 g/mol. The minimum absolute atomic E-state index is 0. The Morgan fingerprint density at radius 1 is 1.19 bits per heavy atom. The number of H-pyrrole nitrogens is 2. The van der Waals surface area contributed by atoms with Crippen LogP contribution in [0.2, 0.25) is 0 Å². The molecule has 0 unspecified atom stereocenters. The van der Waals surface area contributed by atoms with Crippen molar-refractivity contribution in [2.45, 2.75) is 5.60 Å². The normalized spacial score (nSPS) is 10.8. The first kappa shape index (κ1) is 12.7. The van der Waals surface area contributed by atoms with Crippen molar-refractivity contribution in [2.24, 2.45) is 0 Å². The standard InChI is InChI=1S/C6H6N6O3.Cd/c13-5(14)6(15,3-1-7-11-9-3)4-2-8-12-10-4;/h1-2,15H,(H,13,14)(H,7,9,11)(H,8,10,12);. The van der Waals surface area contributed by atoms with Gasteiger partial charge in [-0.3, -0.25) is 0 Å². The number of aromatic amines is 2. The van der Waals surface area contributed by atoms with Gasteiger partial charge in [-0.25, -0.2) is 4.79 Å². The van der Waals surface area contributed by atoms with Crippen LogP contribution in [0.5, 0.6) is 0 Å². The predicted octanol–water partition coefficient (Wildman–Crippen LogP) is -1.76. The Morgan fingerprint density at radius 2 is 1.62 bits per heavy atom. The summed E-state index contributed by atoms with van der Waals surface area (Å²) in [6, 6.07) is 0. The van der Waals surface area contributed by atoms with Crippen molar-refractivity contribution in [3.63, 3.8) is 0 Å². The maximum Gasteiger partial charge on any atom is 0.348 e. The zero-order valence-corrected chi connectivity index (χ0v) is 12.0. The van der Waals surface area contributed by atoms with Gasteiger partial charge in [0.25, 0.3) is 5.60 Å². The third kappa shape index (κ3) is 1.82. The van der Waals surface area contributed by atoms with Crippen LogP contribution >= 0.6 is 0 Å². The van der Waals surface area contributed by atoms with Gasteiger partial charge in [-0.15, -0.1) is 0 Å². The molecular weight excluding hydrogens is 317 g/mol. The van der Waals surface area contributed by atoms with Crippen LogP contribution in [0.3, 0.4) is 0 Å². The monoisotopic (exact) mass is 324 g/mol. The number of carboxylic acid groups (broad SMARTS) is 1. The zero-order valence-electron chi connectivity index (χ0n) is 7.95. The summed E-state index contributed by atoms with van der Waals surface area (Å²) in [5.41, 5.74) is -2.67. The fourth-order valence-electron chi connectivity index (χ4n) is 1.10. The van der Waals surface area contributed by atoms with Crippen LogP contribution in [-0.4, -0.2) is 47.0 Å². The molecule has 0 saturated carbocycles. The van der Waals surface area contributed by atoms with Gasteiger partial charge in [-0.2, -0.15) is 30.8 Å². The van der Waals surface area contributed by atoms with Gasteiger partial charge >= 0.3 is 5.97 Å². The van der Waals surface area contributed by atoms with Crippen LogP contribution in [0.15, 0.2) is 12.4 Å². The van der Waals surface area contributed by atoms with Crippen molar-refractivity contribution >= 4 is 5.97 Å². The molecule has 16 heavy (non-hydrogen) atoms. The number of aliphatic hydroxyl groups is 1. The first-order chi connectivity index (χ1) is 7.15. The summed E-state index contributed by atoms with van der Waals surface area (Å²) in [4.78, 5) is 11.0. The molecule has 2 aromatic heterocycles. The average Bonchev–Trinajstić information content (AvgIpc) is 2.89. The minimum atomic E-state index is -2.35. The number of carbonyl (C=O) groups is 1. The smallest absolute Gasteiger partial charge is 0.348 e. The molecule has 2 rings (SSSR count). The van der Waals surface area contributed by atoms with Crippen molar-refractivity contribution in [1.82, 2.24) is 30.8 Å². The van der Waals surface area contributed by atoms with Crippen molar-refractivity contribution in [3.05, 3.63) is 23.8 Å². The van der Waals surface area contributed by atoms with E-state index in [0.29, 0.717) is 0 Å². The quantitative estimate of drug-likeness (QED) is 0.491. The number of aromatic nitrogens is 6. The molecule has 0 amide bonds. The zero-order chi connectivity index (χ0) is 10.9. The molecule has 10 heteroatoms. The Kier molecular flexibility index (Phi) is 3.69. The Bertz CT molecular complexity index is 420. The second-order valence-corrected chi connectivity index (χ2v) is 2.73. The number of aliphatic carboxylic acids is 1. The van der Waals surface area contributed by atoms with E-state index in [1.807, 2.05) is 0 Å². The third-order valence-corrected chi connectivity index (χ3v) is 1.88. The topological polar surface area (TPSA) is 141 Å². The molecular formula is C6H6CdN6O3. The van der Waals surface area contributed by atoms with Crippen molar-refractivity contribution in [2.75, 3.05) is 0 Å². The molecule has 9 nitrogen and oxygen atoms in total. The number of hydrogen-bond donors (Lipinski definition) is 4. The van der Waals surface area contributed by atoms with Crippen LogP contribution in [0.25, 0.3) is 0 Å². The number of nitrogens with one attached hydrogen (secondary N) is 2. The van der Waals surface area contributed by atoms with E-state index in [1.54, 1.807) is 0 Å². The summed E-state index contributed by atoms with van der Waals surface area (Å²) in [5.74, 6) is -1.51. The maximum atomic E-state index is 11.0. The van der Waals surface area contributed by atoms with Gasteiger partial charge in [0, 0.05) is 27.3 Å². The number of hydrogen-bond acceptors (Lipinski definition) is 6. The van der Waals surface area contributed by atoms with Gasteiger partial charge in [0.2, 0.25) is 0 Å². The van der Waals surface area contributed by atoms with Gasteiger partial charge in [-0.1, -0.05) is 0 Å². The summed E-state index contributed by atoms with van der Waals surface area (Å²) in [5, 5.41) is 37.2. The van der Waals surface area contributed by atoms with Crippen LogP contribution in [0, 0.1) is 0 Å². The van der Waals surface area contributed by atoms with E-state index >= 15 is 0 Å². The van der Waals surface area contributed by atoms with E-state index < -0.39 is 11.6 Å². The van der Waals surface area contributed by atoms with Crippen LogP contribution in [-0.2, 0) is 37.7 Å². The van der Waals surface area contributed by atoms with Crippen molar-refractivity contribution in [3.8, 4) is 0 Å². The summed E-state index contributed by atoms with van der Waals surface area (Å²) >= 11 is 0. The Hall–Kier alpha value is -1.37. The van der Waals surface area contributed by atoms with Crippen LogP contribution in [0.1, 0.15) is 11.4 Å². The fraction of sp³-hybridized carbons (Fsp3) is 0.167. The Morgan fingerprint density at radius 3 is 1.88 bits per heavy atom. The van der Waals surface area contributed by atoms with E-state index in [-0.39, 0.29) is 38.7 Å². The van der Waals surface area contributed by atoms with E-state index in [9.17, 15) is 9.90 Å². The molecule has 0 aliphatic rings. The maximum absolute atomic E-state index is 11.0. The fourth-order valence-corrected chi connectivity index (χ4v) is 1.10. The molecule has 4 N–H and O–H groups in total. The molecule has 0 radical (unpaired) electrons. The summed E-state index contributed by atoms with van der Waals surface area (Å²) < 4.78 is 0. The van der Waals surface area contributed by atoms with Crippen LogP contribution < -0.4 is 0 Å². The number of carboxylic acids is 1. The Balaban J connectivity index is 0.00000128. The first-order valence-electron chi connectivity index (χ1n) is 3.84. The predicted molar refractivity (Wildman–Crippen MR) is 43.4 cm³/mol. The molecule has 2 aromatic rings. The summed E-state index contributed by atoms with van der Waals surface area (Å²) in [6.45, 7) is 0. The van der Waals surface area contributed by atoms with Gasteiger partial charge in [-0.05, 0) is 0 Å². The molecule has 0 aliphatic carbocycles. The minimum Gasteiger partial charge on any atom is -0.478 e. The van der Waals surface area contributed by atoms with E-state index in [2.05, 4.69) is 30.8 Å². The SMILES string of the molecule is O=C(O)C(O)(c1cn[nH]n1)c1cn[nH]n1.[Cd]. The first-order valence-corrected chi connectivity index (χ1v) is 3.84. The van der Waals surface area contributed by atoms with Crippen LogP contribution in [0.4, 0.5) is 0 Å². The molecule has 0 saturated heterocycles. The molecule has 0 aliphatic heterocycles. The largest absolute Gasteiger partial charge is 0.478 e. The number of nitrogens with zero attached hydrogens (tertiary/aromatic N) is 4. The van der Waals surface area contributed by atoms with Gasteiger partial charge in [0.05, 0.1) is 12.4 Å². The molecule has 0 aromatic carbocycles. The van der Waals surface area contributed by atoms with E-state index in [4.69, 9.17) is 5.11 Å². The molecule has 80 valence electrons. The third-order valence-electron chi connectivity index (χ3n) is 1.88. The number of rotatable bonds is 3. The Labute approximate surface area is 108 Å². The van der Waals surface area contributed by atoms with Gasteiger partial charge in [0.1, 0.15) is 11.4 Å². The second kappa shape index (κ2) is 4.65. The van der Waals surface area contributed by atoms with Gasteiger partial charge < -0.3 is 10.2 Å². The summed E-state index contributed by atoms with van der Waals surface area (Å²) in [6.07, 6.45) is 2.20. The second-order valence-electron chi connectivity index (χ2n) is 2.73.